The lowest BCUT2D eigenvalue weighted by atomic mass is 10.2. The van der Waals surface area contributed by atoms with Gasteiger partial charge in [0.05, 0.1) is 23.6 Å². The second kappa shape index (κ2) is 6.36. The maximum Gasteiger partial charge on any atom is 0.343 e. The fourth-order valence-electron chi connectivity index (χ4n) is 2.28. The van der Waals surface area contributed by atoms with Gasteiger partial charge in [-0.25, -0.2) is 9.48 Å². The van der Waals surface area contributed by atoms with Crippen LogP contribution in [0.5, 0.6) is 5.75 Å². The molecule has 4 aromatic rings. The minimum absolute atomic E-state index is 0.427. The first kappa shape index (κ1) is 14.8. The molecule has 0 amide bonds. The Kier molecular flexibility index (Phi) is 3.76. The van der Waals surface area contributed by atoms with Gasteiger partial charge in [0.15, 0.2) is 0 Å². The molecular formula is C17H12N6O2. The monoisotopic (exact) mass is 332 g/mol. The molecule has 2 aromatic heterocycles. The van der Waals surface area contributed by atoms with Crippen molar-refractivity contribution < 1.29 is 9.53 Å². The van der Waals surface area contributed by atoms with E-state index in [0.717, 1.165) is 11.4 Å². The van der Waals surface area contributed by atoms with Gasteiger partial charge in [-0.3, -0.25) is 4.57 Å². The molecule has 0 N–H and O–H groups in total. The molecule has 122 valence electrons. The number of carbonyl (C=O) groups excluding carboxylic acids is 1. The van der Waals surface area contributed by atoms with Crippen LogP contribution in [-0.4, -0.2) is 35.7 Å². The van der Waals surface area contributed by atoms with Crippen molar-refractivity contribution in [2.75, 3.05) is 0 Å². The maximum absolute atomic E-state index is 12.2. The molecular weight excluding hydrogens is 320 g/mol. The number of hydrogen-bond acceptors (Lipinski definition) is 6. The molecule has 4 rings (SSSR count). The molecule has 2 aromatic carbocycles. The first-order chi connectivity index (χ1) is 12.3. The SMILES string of the molecule is O=C(Oc1ccc(-n2ccnn2)cc1)c1ccc(-n2cnnc2)cc1. The molecule has 0 radical (unpaired) electrons. The Balaban J connectivity index is 1.46. The lowest BCUT2D eigenvalue weighted by Gasteiger charge is -2.07. The Morgan fingerprint density at radius 1 is 0.840 bits per heavy atom. The Bertz CT molecular complexity index is 961. The van der Waals surface area contributed by atoms with Crippen LogP contribution in [0.1, 0.15) is 10.4 Å². The summed E-state index contributed by atoms with van der Waals surface area (Å²) in [6.07, 6.45) is 6.50. The molecule has 0 aliphatic heterocycles. The Hall–Kier alpha value is -3.81. The van der Waals surface area contributed by atoms with E-state index in [2.05, 4.69) is 20.5 Å². The van der Waals surface area contributed by atoms with Gasteiger partial charge in [-0.15, -0.1) is 15.3 Å². The molecule has 0 unspecified atom stereocenters. The zero-order chi connectivity index (χ0) is 17.1. The average Bonchev–Trinajstić information content (AvgIpc) is 3.36. The van der Waals surface area contributed by atoms with E-state index in [0.29, 0.717) is 11.3 Å². The second-order valence-electron chi connectivity index (χ2n) is 5.15. The minimum atomic E-state index is -0.427. The summed E-state index contributed by atoms with van der Waals surface area (Å²) in [5.41, 5.74) is 2.14. The van der Waals surface area contributed by atoms with E-state index in [4.69, 9.17) is 4.74 Å². The van der Waals surface area contributed by atoms with E-state index in [1.807, 2.05) is 0 Å². The molecule has 0 saturated heterocycles. The fourth-order valence-corrected chi connectivity index (χ4v) is 2.28. The van der Waals surface area contributed by atoms with Crippen LogP contribution in [0.25, 0.3) is 11.4 Å². The van der Waals surface area contributed by atoms with Crippen LogP contribution in [0.3, 0.4) is 0 Å². The molecule has 0 aliphatic rings. The number of hydrogen-bond donors (Lipinski definition) is 0. The zero-order valence-corrected chi connectivity index (χ0v) is 12.9. The highest BCUT2D eigenvalue weighted by molar-refractivity contribution is 5.91. The highest BCUT2D eigenvalue weighted by atomic mass is 16.5. The van der Waals surface area contributed by atoms with Crippen molar-refractivity contribution in [1.29, 1.82) is 0 Å². The summed E-state index contributed by atoms with van der Waals surface area (Å²) in [6, 6.07) is 14.0. The van der Waals surface area contributed by atoms with Crippen LogP contribution in [0, 0.1) is 0 Å². The normalized spacial score (nSPS) is 10.6. The van der Waals surface area contributed by atoms with Gasteiger partial charge < -0.3 is 4.74 Å². The van der Waals surface area contributed by atoms with E-state index in [1.165, 1.54) is 0 Å². The molecule has 0 saturated carbocycles. The van der Waals surface area contributed by atoms with E-state index >= 15 is 0 Å². The molecule has 0 bridgehead atoms. The Morgan fingerprint density at radius 3 is 2.16 bits per heavy atom. The number of carbonyl (C=O) groups is 1. The summed E-state index contributed by atoms with van der Waals surface area (Å²) >= 11 is 0. The van der Waals surface area contributed by atoms with E-state index in [9.17, 15) is 4.79 Å². The van der Waals surface area contributed by atoms with Gasteiger partial charge in [-0.2, -0.15) is 0 Å². The largest absolute Gasteiger partial charge is 0.423 e. The van der Waals surface area contributed by atoms with Crippen molar-refractivity contribution in [3.05, 3.63) is 79.1 Å². The van der Waals surface area contributed by atoms with E-state index in [-0.39, 0.29) is 0 Å². The molecule has 0 fully saturated rings. The van der Waals surface area contributed by atoms with Gasteiger partial charge in [-0.05, 0) is 48.5 Å². The quantitative estimate of drug-likeness (QED) is 0.420. The van der Waals surface area contributed by atoms with Crippen LogP contribution in [0.15, 0.2) is 73.6 Å². The topological polar surface area (TPSA) is 87.7 Å². The number of aromatic nitrogens is 6. The summed E-state index contributed by atoms with van der Waals surface area (Å²) in [5.74, 6) is 0.0283. The highest BCUT2D eigenvalue weighted by Gasteiger charge is 2.09. The van der Waals surface area contributed by atoms with Crippen molar-refractivity contribution in [2.24, 2.45) is 0 Å². The van der Waals surface area contributed by atoms with Gasteiger partial charge in [0.1, 0.15) is 18.4 Å². The van der Waals surface area contributed by atoms with Gasteiger partial charge in [0.25, 0.3) is 0 Å². The van der Waals surface area contributed by atoms with Crippen molar-refractivity contribution in [3.8, 4) is 17.1 Å². The highest BCUT2D eigenvalue weighted by Crippen LogP contribution is 2.17. The molecule has 8 nitrogen and oxygen atoms in total. The lowest BCUT2D eigenvalue weighted by molar-refractivity contribution is 0.0735. The smallest absolute Gasteiger partial charge is 0.343 e. The lowest BCUT2D eigenvalue weighted by Crippen LogP contribution is -2.08. The van der Waals surface area contributed by atoms with Gasteiger partial charge in [0.2, 0.25) is 0 Å². The number of ether oxygens (including phenoxy) is 1. The van der Waals surface area contributed by atoms with Crippen molar-refractivity contribution in [2.45, 2.75) is 0 Å². The van der Waals surface area contributed by atoms with E-state index in [1.54, 1.807) is 82.8 Å². The number of benzene rings is 2. The summed E-state index contributed by atoms with van der Waals surface area (Å²) in [4.78, 5) is 12.2. The molecule has 0 spiro atoms. The predicted molar refractivity (Wildman–Crippen MR) is 87.7 cm³/mol. The third kappa shape index (κ3) is 3.13. The molecule has 2 heterocycles. The minimum Gasteiger partial charge on any atom is -0.423 e. The van der Waals surface area contributed by atoms with Crippen LogP contribution in [-0.2, 0) is 0 Å². The first-order valence-corrected chi connectivity index (χ1v) is 7.43. The number of nitrogens with zero attached hydrogens (tertiary/aromatic N) is 6. The number of esters is 1. The summed E-state index contributed by atoms with van der Waals surface area (Å²) < 4.78 is 8.76. The Labute approximate surface area is 142 Å². The third-order valence-electron chi connectivity index (χ3n) is 3.55. The molecule has 0 atom stereocenters. The number of rotatable bonds is 4. The molecule has 25 heavy (non-hydrogen) atoms. The molecule has 8 heteroatoms. The van der Waals surface area contributed by atoms with Crippen LogP contribution < -0.4 is 4.74 Å². The Morgan fingerprint density at radius 2 is 1.52 bits per heavy atom. The predicted octanol–water partition coefficient (Wildman–Crippen LogP) is 2.07. The second-order valence-corrected chi connectivity index (χ2v) is 5.15. The van der Waals surface area contributed by atoms with Crippen molar-refractivity contribution in [3.63, 3.8) is 0 Å². The standard InChI is InChI=1S/C17H12N6O2/c24-17(13-1-3-14(4-2-13)22-11-19-20-12-22)25-16-7-5-15(6-8-16)23-10-9-18-21-23/h1-12H. The van der Waals surface area contributed by atoms with Crippen LogP contribution >= 0.6 is 0 Å². The fraction of sp³-hybridized carbons (Fsp3) is 0. The van der Waals surface area contributed by atoms with Crippen LogP contribution in [0.4, 0.5) is 0 Å². The summed E-state index contributed by atoms with van der Waals surface area (Å²) in [6.45, 7) is 0. The van der Waals surface area contributed by atoms with Crippen LogP contribution in [0.2, 0.25) is 0 Å². The summed E-state index contributed by atoms with van der Waals surface area (Å²) in [7, 11) is 0. The van der Waals surface area contributed by atoms with Gasteiger partial charge in [-0.1, -0.05) is 5.21 Å². The van der Waals surface area contributed by atoms with Gasteiger partial charge >= 0.3 is 5.97 Å². The molecule has 0 aliphatic carbocycles. The zero-order valence-electron chi connectivity index (χ0n) is 12.9. The van der Waals surface area contributed by atoms with Crippen molar-refractivity contribution in [1.82, 2.24) is 29.8 Å². The summed E-state index contributed by atoms with van der Waals surface area (Å²) in [5, 5.41) is 15.2. The third-order valence-corrected chi connectivity index (χ3v) is 3.55. The van der Waals surface area contributed by atoms with Crippen molar-refractivity contribution >= 4 is 5.97 Å². The maximum atomic E-state index is 12.2. The van der Waals surface area contributed by atoms with Gasteiger partial charge in [0, 0.05) is 5.69 Å². The van der Waals surface area contributed by atoms with E-state index < -0.39 is 5.97 Å². The first-order valence-electron chi connectivity index (χ1n) is 7.43. The average molecular weight is 332 g/mol.